The summed E-state index contributed by atoms with van der Waals surface area (Å²) in [6.45, 7) is -0.400. The van der Waals surface area contributed by atoms with Crippen LogP contribution in [0.5, 0.6) is 0 Å². The molecule has 3 aromatic heterocycles. The lowest BCUT2D eigenvalue weighted by atomic mass is 10.3. The molecule has 4 rings (SSSR count). The number of amides is 1. The summed E-state index contributed by atoms with van der Waals surface area (Å²) < 4.78 is 4.61. The average Bonchev–Trinajstić information content (AvgIpc) is 3.19. The molecule has 26 heavy (non-hydrogen) atoms. The fourth-order valence-corrected chi connectivity index (χ4v) is 3.65. The number of benzene rings is 1. The second-order valence-corrected chi connectivity index (χ2v) is 6.83. The van der Waals surface area contributed by atoms with E-state index in [9.17, 15) is 14.4 Å². The molecule has 0 saturated heterocycles. The summed E-state index contributed by atoms with van der Waals surface area (Å²) in [6, 6.07) is 7.50. The van der Waals surface area contributed by atoms with Gasteiger partial charge in [0.05, 0.1) is 16.5 Å². The molecule has 0 atom stereocenters. The molecule has 0 spiro atoms. The van der Waals surface area contributed by atoms with Crippen molar-refractivity contribution in [3.05, 3.63) is 51.4 Å². The Bertz CT molecular complexity index is 1250. The van der Waals surface area contributed by atoms with Crippen molar-refractivity contribution in [2.24, 2.45) is 14.1 Å². The molecule has 1 amide bonds. The van der Waals surface area contributed by atoms with Gasteiger partial charge in [0.2, 0.25) is 5.91 Å². The van der Waals surface area contributed by atoms with Crippen LogP contribution in [0.2, 0.25) is 0 Å². The number of fused-ring (bicyclic) bond motifs is 2. The Morgan fingerprint density at radius 3 is 2.77 bits per heavy atom. The van der Waals surface area contributed by atoms with Gasteiger partial charge in [0, 0.05) is 14.1 Å². The topological polar surface area (TPSA) is 104 Å². The third-order valence-corrected chi connectivity index (χ3v) is 4.99. The number of aromatic nitrogens is 5. The largest absolute Gasteiger partial charge is 0.332 e. The predicted octanol–water partition coefficient (Wildman–Crippen LogP) is 0.682. The lowest BCUT2D eigenvalue weighted by molar-refractivity contribution is -0.116. The highest BCUT2D eigenvalue weighted by atomic mass is 32.1. The van der Waals surface area contributed by atoms with Gasteiger partial charge in [-0.15, -0.1) is 0 Å². The molecule has 132 valence electrons. The van der Waals surface area contributed by atoms with Crippen LogP contribution in [0.15, 0.2) is 40.2 Å². The molecule has 1 aromatic carbocycles. The minimum atomic E-state index is -0.597. The van der Waals surface area contributed by atoms with Crippen molar-refractivity contribution in [1.82, 2.24) is 23.7 Å². The van der Waals surface area contributed by atoms with E-state index in [0.29, 0.717) is 5.13 Å². The number of thiazole rings is 1. The van der Waals surface area contributed by atoms with Crippen LogP contribution < -0.4 is 16.6 Å². The van der Waals surface area contributed by atoms with Gasteiger partial charge in [-0.3, -0.25) is 14.2 Å². The fourth-order valence-electron chi connectivity index (χ4n) is 2.76. The Kier molecular flexibility index (Phi) is 3.69. The molecule has 1 N–H and O–H groups in total. The summed E-state index contributed by atoms with van der Waals surface area (Å²) >= 11 is 1.33. The molecule has 9 nitrogen and oxygen atoms in total. The van der Waals surface area contributed by atoms with Gasteiger partial charge in [0.25, 0.3) is 5.56 Å². The minimum absolute atomic E-state index is 0.264. The van der Waals surface area contributed by atoms with Gasteiger partial charge in [0.1, 0.15) is 6.54 Å². The van der Waals surface area contributed by atoms with Crippen LogP contribution in [0, 0.1) is 0 Å². The first-order valence-corrected chi connectivity index (χ1v) is 8.53. The quantitative estimate of drug-likeness (QED) is 0.571. The molecule has 0 unspecified atom stereocenters. The highest BCUT2D eigenvalue weighted by molar-refractivity contribution is 7.22. The first-order chi connectivity index (χ1) is 12.5. The van der Waals surface area contributed by atoms with Crippen LogP contribution in [-0.4, -0.2) is 29.6 Å². The zero-order valence-corrected chi connectivity index (χ0v) is 14.8. The van der Waals surface area contributed by atoms with Crippen LogP contribution in [0.25, 0.3) is 21.4 Å². The Morgan fingerprint density at radius 1 is 1.23 bits per heavy atom. The summed E-state index contributed by atoms with van der Waals surface area (Å²) in [5.41, 5.74) is 0.172. The molecular weight excluding hydrogens is 356 g/mol. The molecule has 0 aliphatic heterocycles. The van der Waals surface area contributed by atoms with E-state index in [-0.39, 0.29) is 11.2 Å². The predicted molar refractivity (Wildman–Crippen MR) is 98.5 cm³/mol. The third-order valence-electron chi connectivity index (χ3n) is 4.04. The first-order valence-electron chi connectivity index (χ1n) is 7.72. The number of aryl methyl sites for hydroxylation is 2. The number of carbonyl (C=O) groups is 1. The standard InChI is InChI=1S/C16H14N6O3S/c1-20-8-17-13-12(20)14(24)22(16(25)21(13)2)7-11(23)19-15-18-9-5-3-4-6-10(9)26-15/h3-6,8H,7H2,1-2H3,(H,18,19,23). The van der Waals surface area contributed by atoms with Gasteiger partial charge in [-0.2, -0.15) is 0 Å². The van der Waals surface area contributed by atoms with Gasteiger partial charge in [-0.05, 0) is 12.1 Å². The van der Waals surface area contributed by atoms with E-state index in [1.165, 1.54) is 33.8 Å². The molecule has 4 aromatic rings. The van der Waals surface area contributed by atoms with Crippen LogP contribution in [0.4, 0.5) is 5.13 Å². The molecular formula is C16H14N6O3S. The summed E-state index contributed by atoms with van der Waals surface area (Å²) in [4.78, 5) is 45.8. The Morgan fingerprint density at radius 2 is 2.00 bits per heavy atom. The van der Waals surface area contributed by atoms with E-state index in [2.05, 4.69) is 15.3 Å². The van der Waals surface area contributed by atoms with Crippen LogP contribution >= 0.6 is 11.3 Å². The highest BCUT2D eigenvalue weighted by Crippen LogP contribution is 2.25. The number of nitrogens with zero attached hydrogens (tertiary/aromatic N) is 5. The van der Waals surface area contributed by atoms with E-state index >= 15 is 0 Å². The number of rotatable bonds is 3. The number of anilines is 1. The van der Waals surface area contributed by atoms with Crippen molar-refractivity contribution < 1.29 is 4.79 Å². The van der Waals surface area contributed by atoms with Crippen molar-refractivity contribution in [3.8, 4) is 0 Å². The number of imidazole rings is 1. The van der Waals surface area contributed by atoms with E-state index in [1.54, 1.807) is 7.05 Å². The van der Waals surface area contributed by atoms with Gasteiger partial charge in [0.15, 0.2) is 16.3 Å². The molecule has 0 bridgehead atoms. The van der Waals surface area contributed by atoms with Gasteiger partial charge in [-0.1, -0.05) is 23.5 Å². The molecule has 0 aliphatic carbocycles. The smallest absolute Gasteiger partial charge is 0.328 e. The van der Waals surface area contributed by atoms with Gasteiger partial charge >= 0.3 is 5.69 Å². The molecule has 0 radical (unpaired) electrons. The van der Waals surface area contributed by atoms with Crippen molar-refractivity contribution in [3.63, 3.8) is 0 Å². The number of carbonyl (C=O) groups excluding carboxylic acids is 1. The zero-order chi connectivity index (χ0) is 18.4. The van der Waals surface area contributed by atoms with Gasteiger partial charge < -0.3 is 9.88 Å². The van der Waals surface area contributed by atoms with Crippen LogP contribution in [0.1, 0.15) is 0 Å². The van der Waals surface area contributed by atoms with E-state index < -0.39 is 23.7 Å². The molecule has 0 fully saturated rings. The van der Waals surface area contributed by atoms with Crippen molar-refractivity contribution in [1.29, 1.82) is 0 Å². The highest BCUT2D eigenvalue weighted by Gasteiger charge is 2.17. The molecule has 10 heteroatoms. The van der Waals surface area contributed by atoms with Crippen molar-refractivity contribution >= 4 is 43.8 Å². The van der Waals surface area contributed by atoms with Gasteiger partial charge in [-0.25, -0.2) is 19.3 Å². The maximum atomic E-state index is 12.6. The average molecular weight is 370 g/mol. The lowest BCUT2D eigenvalue weighted by Gasteiger charge is -2.08. The SMILES string of the molecule is Cn1cnc2c1c(=O)n(CC(=O)Nc1nc3ccccc3s1)c(=O)n2C. The van der Waals surface area contributed by atoms with Crippen LogP contribution in [-0.2, 0) is 25.4 Å². The molecule has 3 heterocycles. The normalized spacial score (nSPS) is 11.3. The second kappa shape index (κ2) is 5.92. The Labute approximate surface area is 150 Å². The summed E-state index contributed by atoms with van der Waals surface area (Å²) in [5, 5.41) is 3.07. The number of hydrogen-bond acceptors (Lipinski definition) is 6. The molecule has 0 saturated carbocycles. The van der Waals surface area contributed by atoms with Crippen LogP contribution in [0.3, 0.4) is 0 Å². The third kappa shape index (κ3) is 2.51. The zero-order valence-electron chi connectivity index (χ0n) is 14.0. The number of hydrogen-bond donors (Lipinski definition) is 1. The maximum absolute atomic E-state index is 12.6. The molecule has 0 aliphatic rings. The number of para-hydroxylation sites is 1. The van der Waals surface area contributed by atoms with Crippen molar-refractivity contribution in [2.75, 3.05) is 5.32 Å². The summed E-state index contributed by atoms with van der Waals surface area (Å²) in [7, 11) is 3.17. The maximum Gasteiger partial charge on any atom is 0.332 e. The minimum Gasteiger partial charge on any atom is -0.328 e. The Hall–Kier alpha value is -3.27. The van der Waals surface area contributed by atoms with Crippen molar-refractivity contribution in [2.45, 2.75) is 6.54 Å². The number of nitrogens with one attached hydrogen (secondary N) is 1. The lowest BCUT2D eigenvalue weighted by Crippen LogP contribution is -2.42. The summed E-state index contributed by atoms with van der Waals surface area (Å²) in [5.74, 6) is -0.496. The van der Waals surface area contributed by atoms with E-state index in [4.69, 9.17) is 0 Å². The second-order valence-electron chi connectivity index (χ2n) is 5.80. The monoisotopic (exact) mass is 370 g/mol. The summed E-state index contributed by atoms with van der Waals surface area (Å²) in [6.07, 6.45) is 1.46. The fraction of sp³-hybridized carbons (Fsp3) is 0.188. The van der Waals surface area contributed by atoms with E-state index in [1.807, 2.05) is 24.3 Å². The van der Waals surface area contributed by atoms with E-state index in [0.717, 1.165) is 14.8 Å². The Balaban J connectivity index is 1.68. The first kappa shape index (κ1) is 16.2.